The molecule has 0 aliphatic rings. The van der Waals surface area contributed by atoms with E-state index in [1.807, 2.05) is 6.26 Å². The van der Waals surface area contributed by atoms with Gasteiger partial charge in [-0.15, -0.1) is 0 Å². The molecule has 0 fully saturated rings. The fraction of sp³-hybridized carbons (Fsp3) is 0.333. The van der Waals surface area contributed by atoms with Crippen LogP contribution in [-0.2, 0) is 0 Å². The molecular formula is C12H13BrFN3OS. The van der Waals surface area contributed by atoms with Gasteiger partial charge in [-0.3, -0.25) is 0 Å². The summed E-state index contributed by atoms with van der Waals surface area (Å²) in [5.41, 5.74) is 6.49. The minimum Gasteiger partial charge on any atom is -0.337 e. The zero-order valence-corrected chi connectivity index (χ0v) is 12.7. The fourth-order valence-electron chi connectivity index (χ4n) is 1.55. The monoisotopic (exact) mass is 345 g/mol. The summed E-state index contributed by atoms with van der Waals surface area (Å²) in [6, 6.07) is 4.16. The molecule has 7 heteroatoms. The van der Waals surface area contributed by atoms with Gasteiger partial charge in [-0.05, 0) is 36.6 Å². The second kappa shape index (κ2) is 6.49. The lowest BCUT2D eigenvalue weighted by Crippen LogP contribution is -2.11. The van der Waals surface area contributed by atoms with Gasteiger partial charge in [0.05, 0.1) is 6.04 Å². The van der Waals surface area contributed by atoms with Crippen LogP contribution >= 0.6 is 27.7 Å². The lowest BCUT2D eigenvalue weighted by atomic mass is 10.2. The number of nitrogens with two attached hydrogens (primary N) is 1. The summed E-state index contributed by atoms with van der Waals surface area (Å²) in [6.07, 6.45) is 2.77. The van der Waals surface area contributed by atoms with Gasteiger partial charge in [-0.25, -0.2) is 4.39 Å². The molecule has 2 N–H and O–H groups in total. The number of aromatic nitrogens is 2. The normalized spacial score (nSPS) is 12.6. The van der Waals surface area contributed by atoms with Crippen molar-refractivity contribution >= 4 is 27.7 Å². The fourth-order valence-corrected chi connectivity index (χ4v) is 2.51. The van der Waals surface area contributed by atoms with E-state index in [0.717, 1.165) is 12.2 Å². The van der Waals surface area contributed by atoms with E-state index >= 15 is 0 Å². The summed E-state index contributed by atoms with van der Waals surface area (Å²) >= 11 is 4.93. The third-order valence-corrected chi connectivity index (χ3v) is 3.61. The number of nitrogens with zero attached hydrogens (tertiary/aromatic N) is 2. The maximum atomic E-state index is 13.3. The van der Waals surface area contributed by atoms with Crippen molar-refractivity contribution in [2.24, 2.45) is 5.73 Å². The van der Waals surface area contributed by atoms with Gasteiger partial charge in [-0.2, -0.15) is 16.7 Å². The summed E-state index contributed by atoms with van der Waals surface area (Å²) in [4.78, 5) is 4.22. The zero-order valence-electron chi connectivity index (χ0n) is 10.3. The number of benzene rings is 1. The quantitative estimate of drug-likeness (QED) is 0.899. The van der Waals surface area contributed by atoms with Crippen LogP contribution in [0.2, 0.25) is 0 Å². The minimum atomic E-state index is -0.359. The Morgan fingerprint density at radius 2 is 2.26 bits per heavy atom. The average molecular weight is 346 g/mol. The van der Waals surface area contributed by atoms with Gasteiger partial charge in [0.2, 0.25) is 11.7 Å². The molecule has 0 saturated carbocycles. The highest BCUT2D eigenvalue weighted by molar-refractivity contribution is 9.10. The molecule has 0 bridgehead atoms. The SMILES string of the molecule is CSCC[C@H](N)c1nc(-c2cc(F)cc(Br)c2)no1. The molecule has 1 atom stereocenters. The van der Waals surface area contributed by atoms with E-state index in [2.05, 4.69) is 26.1 Å². The van der Waals surface area contributed by atoms with Crippen LogP contribution in [0, 0.1) is 5.82 Å². The third-order valence-electron chi connectivity index (χ3n) is 2.51. The van der Waals surface area contributed by atoms with Crippen LogP contribution < -0.4 is 5.73 Å². The van der Waals surface area contributed by atoms with Gasteiger partial charge in [0.15, 0.2) is 0 Å². The first-order valence-corrected chi connectivity index (χ1v) is 7.83. The van der Waals surface area contributed by atoms with E-state index in [1.54, 1.807) is 17.8 Å². The van der Waals surface area contributed by atoms with Gasteiger partial charge >= 0.3 is 0 Å². The summed E-state index contributed by atoms with van der Waals surface area (Å²) in [5, 5.41) is 3.84. The van der Waals surface area contributed by atoms with Crippen molar-refractivity contribution in [2.75, 3.05) is 12.0 Å². The van der Waals surface area contributed by atoms with E-state index in [1.165, 1.54) is 12.1 Å². The van der Waals surface area contributed by atoms with Gasteiger partial charge in [0.1, 0.15) is 5.82 Å². The summed E-state index contributed by atoms with van der Waals surface area (Å²) < 4.78 is 19.1. The predicted molar refractivity (Wildman–Crippen MR) is 77.3 cm³/mol. The van der Waals surface area contributed by atoms with Crippen molar-refractivity contribution in [1.29, 1.82) is 0 Å². The number of hydrogen-bond acceptors (Lipinski definition) is 5. The Morgan fingerprint density at radius 3 is 2.95 bits per heavy atom. The molecule has 0 aliphatic carbocycles. The largest absolute Gasteiger partial charge is 0.337 e. The van der Waals surface area contributed by atoms with Gasteiger partial charge in [-0.1, -0.05) is 21.1 Å². The van der Waals surface area contributed by atoms with Gasteiger partial charge in [0, 0.05) is 10.0 Å². The molecule has 1 heterocycles. The molecule has 1 aromatic heterocycles. The van der Waals surface area contributed by atoms with Crippen molar-refractivity contribution in [3.8, 4) is 11.4 Å². The highest BCUT2D eigenvalue weighted by Crippen LogP contribution is 2.24. The van der Waals surface area contributed by atoms with Crippen molar-refractivity contribution < 1.29 is 8.91 Å². The average Bonchev–Trinajstić information content (AvgIpc) is 2.84. The molecule has 2 rings (SSSR count). The highest BCUT2D eigenvalue weighted by atomic mass is 79.9. The predicted octanol–water partition coefficient (Wildman–Crippen LogP) is 3.39. The Kier molecular flexibility index (Phi) is 4.95. The number of rotatable bonds is 5. The summed E-state index contributed by atoms with van der Waals surface area (Å²) in [6.45, 7) is 0. The standard InChI is InChI=1S/C12H13BrFN3OS/c1-19-3-2-10(15)12-16-11(17-18-12)7-4-8(13)6-9(14)5-7/h4-6,10H,2-3,15H2,1H3/t10-/m0/s1. The molecule has 0 unspecified atom stereocenters. The summed E-state index contributed by atoms with van der Waals surface area (Å²) in [5.74, 6) is 1.28. The van der Waals surface area contributed by atoms with E-state index in [-0.39, 0.29) is 11.9 Å². The van der Waals surface area contributed by atoms with Crippen molar-refractivity contribution in [1.82, 2.24) is 10.1 Å². The second-order valence-corrected chi connectivity index (χ2v) is 5.90. The van der Waals surface area contributed by atoms with Crippen LogP contribution in [0.1, 0.15) is 18.4 Å². The number of thioether (sulfide) groups is 1. The molecule has 2 aromatic rings. The Balaban J connectivity index is 2.20. The molecule has 0 spiro atoms. The Labute approximate surface area is 123 Å². The summed E-state index contributed by atoms with van der Waals surface area (Å²) in [7, 11) is 0. The van der Waals surface area contributed by atoms with Crippen molar-refractivity contribution in [3.05, 3.63) is 34.4 Å². The van der Waals surface area contributed by atoms with Crippen LogP contribution in [0.5, 0.6) is 0 Å². The molecule has 0 radical (unpaired) electrons. The molecule has 4 nitrogen and oxygen atoms in total. The van der Waals surface area contributed by atoms with Gasteiger partial charge in [0.25, 0.3) is 0 Å². The van der Waals surface area contributed by atoms with Crippen LogP contribution in [0.3, 0.4) is 0 Å². The number of halogens is 2. The first kappa shape index (κ1) is 14.5. The third kappa shape index (κ3) is 3.77. The topological polar surface area (TPSA) is 64.9 Å². The highest BCUT2D eigenvalue weighted by Gasteiger charge is 2.16. The molecular weight excluding hydrogens is 333 g/mol. The number of hydrogen-bond donors (Lipinski definition) is 1. The Bertz CT molecular complexity index is 543. The van der Waals surface area contributed by atoms with Crippen molar-refractivity contribution in [3.63, 3.8) is 0 Å². The molecule has 19 heavy (non-hydrogen) atoms. The smallest absolute Gasteiger partial charge is 0.243 e. The first-order chi connectivity index (χ1) is 9.10. The van der Waals surface area contributed by atoms with E-state index in [9.17, 15) is 4.39 Å². The van der Waals surface area contributed by atoms with Gasteiger partial charge < -0.3 is 10.3 Å². The lowest BCUT2D eigenvalue weighted by Gasteiger charge is -2.03. The zero-order chi connectivity index (χ0) is 13.8. The van der Waals surface area contributed by atoms with Crippen molar-refractivity contribution in [2.45, 2.75) is 12.5 Å². The second-order valence-electron chi connectivity index (χ2n) is 4.00. The van der Waals surface area contributed by atoms with E-state index in [4.69, 9.17) is 10.3 Å². The Morgan fingerprint density at radius 1 is 1.47 bits per heavy atom. The van der Waals surface area contributed by atoms with Crippen LogP contribution in [0.4, 0.5) is 4.39 Å². The molecule has 1 aromatic carbocycles. The van der Waals surface area contributed by atoms with E-state index < -0.39 is 0 Å². The Hall–Kier alpha value is -0.920. The maximum absolute atomic E-state index is 13.3. The molecule has 0 saturated heterocycles. The molecule has 102 valence electrons. The molecule has 0 aliphatic heterocycles. The van der Waals surface area contributed by atoms with Crippen LogP contribution in [0.25, 0.3) is 11.4 Å². The maximum Gasteiger partial charge on any atom is 0.243 e. The lowest BCUT2D eigenvalue weighted by molar-refractivity contribution is 0.353. The van der Waals surface area contributed by atoms with Crippen LogP contribution in [0.15, 0.2) is 27.2 Å². The van der Waals surface area contributed by atoms with E-state index in [0.29, 0.717) is 21.8 Å². The first-order valence-electron chi connectivity index (χ1n) is 5.64. The van der Waals surface area contributed by atoms with Crippen LogP contribution in [-0.4, -0.2) is 22.1 Å². The molecule has 0 amide bonds. The minimum absolute atomic E-state index is 0.286.